The third kappa shape index (κ3) is 22.5. The predicted molar refractivity (Wildman–Crippen MR) is 303 cm³/mol. The van der Waals surface area contributed by atoms with Crippen molar-refractivity contribution in [3.05, 3.63) is 161 Å². The fraction of sp³-hybridized carbons (Fsp3) is 0.483. The maximum absolute atomic E-state index is 14.2. The summed E-state index contributed by atoms with van der Waals surface area (Å²) in [5, 5.41) is 1.37. The molecule has 5 rings (SSSR count). The summed E-state index contributed by atoms with van der Waals surface area (Å²) in [5.74, 6) is 0. The fourth-order valence-electron chi connectivity index (χ4n) is 10.2. The van der Waals surface area contributed by atoms with Crippen LogP contribution in [-0.4, -0.2) is 45.0 Å². The van der Waals surface area contributed by atoms with Crippen LogP contribution in [0.2, 0.25) is 0 Å². The van der Waals surface area contributed by atoms with Gasteiger partial charge >= 0.3 is 43.2 Å². The molecule has 0 aliphatic rings. The van der Waals surface area contributed by atoms with Gasteiger partial charge in [-0.25, -0.2) is 0 Å². The predicted octanol–water partition coefficient (Wildman–Crippen LogP) is 20.7. The zero-order chi connectivity index (χ0) is 67.7. The molecule has 0 bridgehead atoms. The molecule has 0 unspecified atom stereocenters. The second-order valence-electron chi connectivity index (χ2n) is 24.2. The number of hydrogen-bond acceptors (Lipinski definition) is 2. The average molecular weight is 1440 g/mol. The first kappa shape index (κ1) is 82.8. The van der Waals surface area contributed by atoms with Crippen LogP contribution in [0.4, 0.5) is 101 Å². The van der Waals surface area contributed by atoms with Gasteiger partial charge in [0.15, 0.2) is 6.43 Å². The van der Waals surface area contributed by atoms with Crippen molar-refractivity contribution in [1.82, 2.24) is 4.98 Å². The molecule has 29 heteroatoms. The number of benzene rings is 4. The van der Waals surface area contributed by atoms with Crippen molar-refractivity contribution in [1.29, 1.82) is 0 Å². The molecular formula is C60H68BF23NOP2Pd-3. The summed E-state index contributed by atoms with van der Waals surface area (Å²) < 4.78 is 331. The van der Waals surface area contributed by atoms with Crippen LogP contribution in [0, 0.1) is 13.9 Å². The van der Waals surface area contributed by atoms with Crippen LogP contribution in [-0.2, 0) is 80.7 Å². The Morgan fingerprint density at radius 3 is 0.764 bits per heavy atom. The maximum atomic E-state index is 14.2. The van der Waals surface area contributed by atoms with Gasteiger partial charge in [0.25, 0.3) is 0 Å². The van der Waals surface area contributed by atoms with Crippen molar-refractivity contribution in [2.24, 2.45) is 0 Å². The topological polar surface area (TPSA) is 22.1 Å². The molecule has 0 aliphatic carbocycles. The molecule has 0 amide bonds. The summed E-state index contributed by atoms with van der Waals surface area (Å²) in [4.78, 5) is 5.14. The minimum atomic E-state index is -6.06. The molecule has 0 atom stereocenters. The zero-order valence-electron chi connectivity index (χ0n) is 50.8. The van der Waals surface area contributed by atoms with E-state index in [-0.39, 0.29) is 49.8 Å². The van der Waals surface area contributed by atoms with Gasteiger partial charge in [-0.15, -0.1) is 17.7 Å². The number of hydrogen-bond donors (Lipinski definition) is 0. The van der Waals surface area contributed by atoms with Gasteiger partial charge in [-0.3, -0.25) is 19.2 Å². The molecule has 0 radical (unpaired) electrons. The van der Waals surface area contributed by atoms with Crippen LogP contribution in [0.3, 0.4) is 0 Å². The van der Waals surface area contributed by atoms with E-state index in [4.69, 9.17) is 9.72 Å². The van der Waals surface area contributed by atoms with Gasteiger partial charge in [0.2, 0.25) is 0 Å². The monoisotopic (exact) mass is 1430 g/mol. The largest absolute Gasteiger partial charge is 0.416 e. The van der Waals surface area contributed by atoms with E-state index < -0.39 is 189 Å². The molecular weight excluding hydrogens is 1370 g/mol. The van der Waals surface area contributed by atoms with E-state index in [1.807, 2.05) is 13.8 Å². The van der Waals surface area contributed by atoms with Gasteiger partial charge in [-0.2, -0.15) is 115 Å². The first-order chi connectivity index (χ1) is 38.8. The second-order valence-corrected chi connectivity index (χ2v) is 32.0. The van der Waals surface area contributed by atoms with Gasteiger partial charge in [-0.1, -0.05) is 141 Å². The molecule has 89 heavy (non-hydrogen) atoms. The van der Waals surface area contributed by atoms with E-state index in [1.165, 1.54) is 11.4 Å². The molecule has 4 aromatic carbocycles. The summed E-state index contributed by atoms with van der Waals surface area (Å²) in [6, 6.07) is -0.610. The molecule has 1 heterocycles. The van der Waals surface area contributed by atoms with Crippen LogP contribution in [0.15, 0.2) is 91.0 Å². The Morgan fingerprint density at radius 1 is 0.371 bits per heavy atom. The van der Waals surface area contributed by atoms with Crippen molar-refractivity contribution in [2.45, 2.75) is 173 Å². The first-order valence-electron chi connectivity index (χ1n) is 26.3. The van der Waals surface area contributed by atoms with E-state index in [0.717, 1.165) is 25.5 Å². The van der Waals surface area contributed by atoms with E-state index >= 15 is 0 Å². The molecule has 0 spiro atoms. The van der Waals surface area contributed by atoms with E-state index in [2.05, 4.69) is 101 Å². The third-order valence-electron chi connectivity index (χ3n) is 13.5. The summed E-state index contributed by atoms with van der Waals surface area (Å²) >= 11 is 0. The SMILES string of the molecule is CC(C)(C)P(Cc1cccc(CP(C(C)(C)C)C(C)(C)C)n1)C(C)(C)C.CCOCC.F[C-](F)c1cc([B-](c2cc(C(F)(F)F)cc(C(F)(F)F)c2)(c2cc(C(F)(F)F)cc(C(F)(F)F)c2)c2cc(C(F)(F)F)cc(C(F)(F)F)c2)cc(C(F)(F)F)c1.[CH3-].[Pd]. The summed E-state index contributed by atoms with van der Waals surface area (Å²) in [6.45, 7) is 34.4. The fourth-order valence-corrected chi connectivity index (χ4v) is 17.1. The smallest absolute Gasteiger partial charge is 0.382 e. The Labute approximate surface area is 520 Å². The number of halogens is 23. The minimum absolute atomic E-state index is 0. The van der Waals surface area contributed by atoms with Gasteiger partial charge in [0.05, 0.1) is 39.5 Å². The maximum Gasteiger partial charge on any atom is 0.416 e. The Hall–Kier alpha value is -4.16. The van der Waals surface area contributed by atoms with Crippen molar-refractivity contribution in [2.75, 3.05) is 13.2 Å². The number of ether oxygens (including phenoxy) is 1. The molecule has 0 N–H and O–H groups in total. The number of aromatic nitrogens is 1. The van der Waals surface area contributed by atoms with Gasteiger partial charge in [0, 0.05) is 57.3 Å². The van der Waals surface area contributed by atoms with Crippen LogP contribution in [0.1, 0.15) is 153 Å². The Morgan fingerprint density at radius 2 is 0.584 bits per heavy atom. The van der Waals surface area contributed by atoms with Crippen molar-refractivity contribution < 1.29 is 126 Å². The standard InChI is InChI=1S/C32H12BF23.C23H43NP2.C4H10O.CH3.Pd/c34-25(35)13-1-14(26(36,37)38)6-21(2-13)33(22-7-15(27(39,40)41)3-16(8-22)28(42,43)44,23-9-17(29(45,46)47)4-18(10-23)30(48,49)50)24-11-19(31(51,52)53)5-20(12-24)32(54,55)56;1-20(2,3)25(21(4,5)6)16-18-14-13-15-19(24-18)17-26(22(7,8)9)23(10,11)12;1-3-5-4-2;;/h1-12H;13-15H,16-17H2,1-12H3;3-4H2,1-2H3;1H3;/q-2;;;-1;. The van der Waals surface area contributed by atoms with Crippen molar-refractivity contribution in [3.63, 3.8) is 0 Å². The van der Waals surface area contributed by atoms with Crippen LogP contribution in [0.25, 0.3) is 0 Å². The minimum Gasteiger partial charge on any atom is -0.382 e. The van der Waals surface area contributed by atoms with Gasteiger partial charge in [0.1, 0.15) is 0 Å². The quantitative estimate of drug-likeness (QED) is 0.0569. The van der Waals surface area contributed by atoms with Gasteiger partial charge < -0.3 is 12.2 Å². The van der Waals surface area contributed by atoms with E-state index in [1.54, 1.807) is 0 Å². The first-order valence-corrected chi connectivity index (χ1v) is 29.4. The number of alkyl halides is 21. The zero-order valence-corrected chi connectivity index (χ0v) is 54.2. The van der Waals surface area contributed by atoms with Crippen LogP contribution < -0.4 is 21.9 Å². The van der Waals surface area contributed by atoms with Crippen LogP contribution >= 0.6 is 15.8 Å². The molecule has 0 saturated carbocycles. The molecule has 1 aromatic heterocycles. The van der Waals surface area contributed by atoms with E-state index in [9.17, 15) is 101 Å². The Bertz CT molecular complexity index is 2740. The average Bonchev–Trinajstić information content (AvgIpc) is 1.25. The molecule has 0 saturated heterocycles. The third-order valence-corrected chi connectivity index (χ3v) is 21.2. The summed E-state index contributed by atoms with van der Waals surface area (Å²) in [6.07, 6.45) is -48.9. The summed E-state index contributed by atoms with van der Waals surface area (Å²) in [7, 11) is -0.308. The van der Waals surface area contributed by atoms with Gasteiger partial charge in [-0.05, 0) is 70.4 Å². The number of pyridine rings is 1. The molecule has 0 fully saturated rings. The molecule has 2 nitrogen and oxygen atoms in total. The molecule has 0 aliphatic heterocycles. The normalized spacial score (nSPS) is 13.5. The van der Waals surface area contributed by atoms with Crippen LogP contribution in [0.5, 0.6) is 0 Å². The second kappa shape index (κ2) is 29.4. The Kier molecular flexibility index (Phi) is 27.4. The van der Waals surface area contributed by atoms with Crippen molar-refractivity contribution >= 4 is 43.8 Å². The van der Waals surface area contributed by atoms with E-state index in [0.29, 0.717) is 20.6 Å². The van der Waals surface area contributed by atoms with Crippen molar-refractivity contribution in [3.8, 4) is 0 Å². The Balaban J connectivity index is 0.00000100. The molecule has 506 valence electrons. The summed E-state index contributed by atoms with van der Waals surface area (Å²) in [5.41, 5.74) is -25.8. The number of rotatable bonds is 11. The molecule has 5 aromatic rings. The number of nitrogens with zero attached hydrogens (tertiary/aromatic N) is 1.